The number of ether oxygens (including phenoxy) is 2. The SMILES string of the molecule is COc1cccc(C(=O)N2CCC(C(N)=O)CC2)c1OC. The Labute approximate surface area is 123 Å². The van der Waals surface area contributed by atoms with E-state index in [1.54, 1.807) is 23.1 Å². The lowest BCUT2D eigenvalue weighted by molar-refractivity contribution is -0.123. The van der Waals surface area contributed by atoms with Gasteiger partial charge in [-0.2, -0.15) is 0 Å². The lowest BCUT2D eigenvalue weighted by Crippen LogP contribution is -2.41. The topological polar surface area (TPSA) is 81.9 Å². The number of benzene rings is 1. The summed E-state index contributed by atoms with van der Waals surface area (Å²) in [5.41, 5.74) is 5.77. The molecule has 2 rings (SSSR count). The normalized spacial score (nSPS) is 15.6. The molecule has 1 saturated heterocycles. The number of likely N-dealkylation sites (tertiary alicyclic amines) is 1. The quantitative estimate of drug-likeness (QED) is 0.899. The zero-order valence-corrected chi connectivity index (χ0v) is 12.3. The summed E-state index contributed by atoms with van der Waals surface area (Å²) < 4.78 is 10.5. The molecular formula is C15H20N2O4. The van der Waals surface area contributed by atoms with E-state index < -0.39 is 0 Å². The number of rotatable bonds is 4. The van der Waals surface area contributed by atoms with Gasteiger partial charge in [-0.05, 0) is 25.0 Å². The molecule has 2 amide bonds. The second kappa shape index (κ2) is 6.47. The molecule has 6 nitrogen and oxygen atoms in total. The Morgan fingerprint density at radius 3 is 2.38 bits per heavy atom. The van der Waals surface area contributed by atoms with Crippen LogP contribution in [0, 0.1) is 5.92 Å². The smallest absolute Gasteiger partial charge is 0.257 e. The van der Waals surface area contributed by atoms with Crippen molar-refractivity contribution in [1.29, 1.82) is 0 Å². The molecule has 0 bridgehead atoms. The molecule has 1 aromatic rings. The van der Waals surface area contributed by atoms with Gasteiger partial charge >= 0.3 is 0 Å². The van der Waals surface area contributed by atoms with Crippen LogP contribution < -0.4 is 15.2 Å². The fraction of sp³-hybridized carbons (Fsp3) is 0.467. The van der Waals surface area contributed by atoms with Crippen LogP contribution in [0.1, 0.15) is 23.2 Å². The number of amides is 2. The van der Waals surface area contributed by atoms with Gasteiger partial charge in [0, 0.05) is 19.0 Å². The molecule has 0 spiro atoms. The summed E-state index contributed by atoms with van der Waals surface area (Å²) in [5, 5.41) is 0. The van der Waals surface area contributed by atoms with Crippen LogP contribution in [0.4, 0.5) is 0 Å². The number of para-hydroxylation sites is 1. The summed E-state index contributed by atoms with van der Waals surface area (Å²) in [6, 6.07) is 5.21. The molecule has 1 aliphatic rings. The van der Waals surface area contributed by atoms with Crippen molar-refractivity contribution >= 4 is 11.8 Å². The fourth-order valence-corrected chi connectivity index (χ4v) is 2.59. The molecule has 114 valence electrons. The molecule has 0 unspecified atom stereocenters. The Balaban J connectivity index is 2.16. The lowest BCUT2D eigenvalue weighted by Gasteiger charge is -2.31. The van der Waals surface area contributed by atoms with Crippen molar-refractivity contribution in [1.82, 2.24) is 4.90 Å². The van der Waals surface area contributed by atoms with Crippen LogP contribution in [0.3, 0.4) is 0 Å². The van der Waals surface area contributed by atoms with E-state index in [-0.39, 0.29) is 17.7 Å². The highest BCUT2D eigenvalue weighted by Gasteiger charge is 2.28. The third-order valence-corrected chi connectivity index (χ3v) is 3.82. The van der Waals surface area contributed by atoms with Crippen molar-refractivity contribution in [3.63, 3.8) is 0 Å². The van der Waals surface area contributed by atoms with Crippen molar-refractivity contribution in [3.8, 4) is 11.5 Å². The molecule has 0 saturated carbocycles. The summed E-state index contributed by atoms with van der Waals surface area (Å²) in [6.45, 7) is 1.04. The molecule has 0 aliphatic carbocycles. The van der Waals surface area contributed by atoms with Crippen LogP contribution in [0.15, 0.2) is 18.2 Å². The Kier molecular flexibility index (Phi) is 4.67. The van der Waals surface area contributed by atoms with Crippen molar-refractivity contribution in [2.45, 2.75) is 12.8 Å². The van der Waals surface area contributed by atoms with Crippen molar-refractivity contribution in [3.05, 3.63) is 23.8 Å². The van der Waals surface area contributed by atoms with Crippen LogP contribution in [-0.2, 0) is 4.79 Å². The maximum Gasteiger partial charge on any atom is 0.257 e. The van der Waals surface area contributed by atoms with Crippen LogP contribution in [0.25, 0.3) is 0 Å². The third kappa shape index (κ3) is 3.09. The lowest BCUT2D eigenvalue weighted by atomic mass is 9.96. The first-order valence-electron chi connectivity index (χ1n) is 6.88. The Bertz CT molecular complexity index is 536. The molecule has 1 aromatic carbocycles. The number of carbonyl (C=O) groups is 2. The van der Waals surface area contributed by atoms with Gasteiger partial charge in [0.05, 0.1) is 19.8 Å². The average Bonchev–Trinajstić information content (AvgIpc) is 2.53. The van der Waals surface area contributed by atoms with Gasteiger partial charge in [0.15, 0.2) is 11.5 Å². The highest BCUT2D eigenvalue weighted by molar-refractivity contribution is 5.98. The van der Waals surface area contributed by atoms with Gasteiger partial charge in [-0.1, -0.05) is 6.07 Å². The Hall–Kier alpha value is -2.24. The maximum absolute atomic E-state index is 12.6. The van der Waals surface area contributed by atoms with Gasteiger partial charge < -0.3 is 20.1 Å². The molecule has 6 heteroatoms. The predicted octanol–water partition coefficient (Wildman–Crippen LogP) is 1.04. The second-order valence-electron chi connectivity index (χ2n) is 5.01. The van der Waals surface area contributed by atoms with Crippen LogP contribution in [0.2, 0.25) is 0 Å². The van der Waals surface area contributed by atoms with E-state index in [2.05, 4.69) is 0 Å². The van der Waals surface area contributed by atoms with E-state index in [4.69, 9.17) is 15.2 Å². The highest BCUT2D eigenvalue weighted by Crippen LogP contribution is 2.32. The number of nitrogens with zero attached hydrogens (tertiary/aromatic N) is 1. The summed E-state index contributed by atoms with van der Waals surface area (Å²) in [4.78, 5) is 25.5. The van der Waals surface area contributed by atoms with E-state index in [0.717, 1.165) is 0 Å². The number of carbonyl (C=O) groups excluding carboxylic acids is 2. The van der Waals surface area contributed by atoms with Gasteiger partial charge in [0.2, 0.25) is 5.91 Å². The van der Waals surface area contributed by atoms with Gasteiger partial charge in [-0.15, -0.1) is 0 Å². The molecule has 21 heavy (non-hydrogen) atoms. The van der Waals surface area contributed by atoms with Gasteiger partial charge in [0.25, 0.3) is 5.91 Å². The monoisotopic (exact) mass is 292 g/mol. The molecule has 1 heterocycles. The first kappa shape index (κ1) is 15.2. The summed E-state index contributed by atoms with van der Waals surface area (Å²) in [6.07, 6.45) is 1.21. The summed E-state index contributed by atoms with van der Waals surface area (Å²) in [7, 11) is 3.04. The van der Waals surface area contributed by atoms with E-state index in [0.29, 0.717) is 43.0 Å². The largest absolute Gasteiger partial charge is 0.493 e. The molecule has 0 radical (unpaired) electrons. The van der Waals surface area contributed by atoms with E-state index >= 15 is 0 Å². The Morgan fingerprint density at radius 1 is 1.19 bits per heavy atom. The summed E-state index contributed by atoms with van der Waals surface area (Å²) in [5.74, 6) is 0.411. The molecule has 1 fully saturated rings. The number of hydrogen-bond acceptors (Lipinski definition) is 4. The molecule has 1 aliphatic heterocycles. The third-order valence-electron chi connectivity index (χ3n) is 3.82. The van der Waals surface area contributed by atoms with Crippen LogP contribution >= 0.6 is 0 Å². The van der Waals surface area contributed by atoms with Crippen molar-refractivity contribution in [2.24, 2.45) is 11.7 Å². The first-order valence-corrected chi connectivity index (χ1v) is 6.88. The minimum Gasteiger partial charge on any atom is -0.493 e. The molecule has 0 atom stereocenters. The molecule has 0 aromatic heterocycles. The van der Waals surface area contributed by atoms with Gasteiger partial charge in [-0.3, -0.25) is 9.59 Å². The molecule has 2 N–H and O–H groups in total. The second-order valence-corrected chi connectivity index (χ2v) is 5.01. The minimum atomic E-state index is -0.291. The number of nitrogens with two attached hydrogens (primary N) is 1. The zero-order valence-electron chi connectivity index (χ0n) is 12.3. The number of methoxy groups -OCH3 is 2. The average molecular weight is 292 g/mol. The van der Waals surface area contributed by atoms with Gasteiger partial charge in [-0.25, -0.2) is 0 Å². The van der Waals surface area contributed by atoms with Crippen molar-refractivity contribution in [2.75, 3.05) is 27.3 Å². The summed E-state index contributed by atoms with van der Waals surface area (Å²) >= 11 is 0. The van der Waals surface area contributed by atoms with E-state index in [1.807, 2.05) is 0 Å². The van der Waals surface area contributed by atoms with Crippen LogP contribution in [0.5, 0.6) is 11.5 Å². The van der Waals surface area contributed by atoms with Crippen molar-refractivity contribution < 1.29 is 19.1 Å². The predicted molar refractivity (Wildman–Crippen MR) is 77.4 cm³/mol. The number of hydrogen-bond donors (Lipinski definition) is 1. The minimum absolute atomic E-state index is 0.117. The van der Waals surface area contributed by atoms with Crippen LogP contribution in [-0.4, -0.2) is 44.0 Å². The van der Waals surface area contributed by atoms with E-state index in [1.165, 1.54) is 14.2 Å². The standard InChI is InChI=1S/C15H20N2O4/c1-20-12-5-3-4-11(13(12)21-2)15(19)17-8-6-10(7-9-17)14(16)18/h3-5,10H,6-9H2,1-2H3,(H2,16,18). The number of primary amides is 1. The van der Waals surface area contributed by atoms with E-state index in [9.17, 15) is 9.59 Å². The number of piperidine rings is 1. The fourth-order valence-electron chi connectivity index (χ4n) is 2.59. The Morgan fingerprint density at radius 2 is 1.86 bits per heavy atom. The highest BCUT2D eigenvalue weighted by atomic mass is 16.5. The maximum atomic E-state index is 12.6. The molecular weight excluding hydrogens is 272 g/mol. The first-order chi connectivity index (χ1) is 10.1. The van der Waals surface area contributed by atoms with Gasteiger partial charge in [0.1, 0.15) is 0 Å². The zero-order chi connectivity index (χ0) is 15.4.